The quantitative estimate of drug-likeness (QED) is 0.252. The van der Waals surface area contributed by atoms with Crippen molar-refractivity contribution in [1.29, 1.82) is 0 Å². The van der Waals surface area contributed by atoms with Crippen LogP contribution in [-0.2, 0) is 9.59 Å². The maximum absolute atomic E-state index is 12.8. The largest absolute Gasteiger partial charge is 0.457 e. The highest BCUT2D eigenvalue weighted by molar-refractivity contribution is 8.18. The number of furan rings is 1. The SMILES string of the molecule is Cc1cccc(C)c1NC(=O)CN1C(=O)S/C(=C/c2ccc(-c3cc([N+](=O)[O-])ccc3Cl)o2)C1=O. The van der Waals surface area contributed by atoms with Crippen molar-refractivity contribution in [1.82, 2.24) is 4.90 Å². The summed E-state index contributed by atoms with van der Waals surface area (Å²) in [5, 5.41) is 13.5. The minimum atomic E-state index is -0.622. The smallest absolute Gasteiger partial charge is 0.294 e. The lowest BCUT2D eigenvalue weighted by Crippen LogP contribution is -2.36. The minimum absolute atomic E-state index is 0.0842. The second-order valence-corrected chi connectivity index (χ2v) is 9.11. The number of amides is 3. The van der Waals surface area contributed by atoms with Crippen molar-refractivity contribution >= 4 is 57.9 Å². The zero-order chi connectivity index (χ0) is 25.3. The number of nitro benzene ring substituents is 1. The number of para-hydroxylation sites is 1. The number of non-ortho nitro benzene ring substituents is 1. The summed E-state index contributed by atoms with van der Waals surface area (Å²) < 4.78 is 5.69. The number of nitrogens with zero attached hydrogens (tertiary/aromatic N) is 2. The Labute approximate surface area is 208 Å². The van der Waals surface area contributed by atoms with Crippen molar-refractivity contribution in [2.75, 3.05) is 11.9 Å². The van der Waals surface area contributed by atoms with Gasteiger partial charge in [-0.3, -0.25) is 29.4 Å². The number of hydrogen-bond acceptors (Lipinski definition) is 7. The molecule has 4 rings (SSSR count). The first-order chi connectivity index (χ1) is 16.6. The number of nitrogens with one attached hydrogen (secondary N) is 1. The van der Waals surface area contributed by atoms with Gasteiger partial charge in [0.25, 0.3) is 16.8 Å². The van der Waals surface area contributed by atoms with Crippen LogP contribution in [-0.4, -0.2) is 33.4 Å². The lowest BCUT2D eigenvalue weighted by atomic mass is 10.1. The van der Waals surface area contributed by atoms with Crippen molar-refractivity contribution in [3.05, 3.63) is 85.5 Å². The Bertz CT molecular complexity index is 1390. The molecule has 1 aromatic heterocycles. The lowest BCUT2D eigenvalue weighted by Gasteiger charge is -2.15. The molecule has 9 nitrogen and oxygen atoms in total. The van der Waals surface area contributed by atoms with E-state index >= 15 is 0 Å². The first-order valence-corrected chi connectivity index (χ1v) is 11.5. The van der Waals surface area contributed by atoms with Crippen LogP contribution in [0.15, 0.2) is 57.9 Å². The first-order valence-electron chi connectivity index (χ1n) is 10.3. The van der Waals surface area contributed by atoms with Crippen molar-refractivity contribution < 1.29 is 23.7 Å². The van der Waals surface area contributed by atoms with E-state index in [1.54, 1.807) is 12.1 Å². The molecule has 3 amide bonds. The summed E-state index contributed by atoms with van der Waals surface area (Å²) in [6.45, 7) is 3.27. The van der Waals surface area contributed by atoms with Gasteiger partial charge < -0.3 is 9.73 Å². The molecule has 0 atom stereocenters. The molecule has 35 heavy (non-hydrogen) atoms. The molecule has 1 aliphatic rings. The number of halogens is 1. The van der Waals surface area contributed by atoms with Crippen molar-refractivity contribution in [2.45, 2.75) is 13.8 Å². The molecule has 0 aliphatic carbocycles. The van der Waals surface area contributed by atoms with Crippen LogP contribution in [0, 0.1) is 24.0 Å². The molecule has 1 aliphatic heterocycles. The Kier molecular flexibility index (Phi) is 6.77. The fourth-order valence-electron chi connectivity index (χ4n) is 3.49. The molecule has 178 valence electrons. The standard InChI is InChI=1S/C24H18ClN3O6S/c1-13-4-3-5-14(2)22(13)26-21(29)12-27-23(30)20(35-24(27)31)11-16-7-9-19(34-16)17-10-15(28(32)33)6-8-18(17)25/h3-11H,12H2,1-2H3,(H,26,29)/b20-11+. The summed E-state index contributed by atoms with van der Waals surface area (Å²) in [5.41, 5.74) is 2.54. The van der Waals surface area contributed by atoms with Gasteiger partial charge in [0.15, 0.2) is 0 Å². The van der Waals surface area contributed by atoms with Gasteiger partial charge in [-0.1, -0.05) is 29.8 Å². The molecule has 11 heteroatoms. The summed E-state index contributed by atoms with van der Waals surface area (Å²) in [7, 11) is 0. The third kappa shape index (κ3) is 5.13. The number of nitro groups is 1. The van der Waals surface area contributed by atoms with Gasteiger partial charge in [-0.25, -0.2) is 0 Å². The van der Waals surface area contributed by atoms with E-state index in [0.717, 1.165) is 16.0 Å². The highest BCUT2D eigenvalue weighted by Gasteiger charge is 2.36. The van der Waals surface area contributed by atoms with Crippen LogP contribution in [0.2, 0.25) is 5.02 Å². The van der Waals surface area contributed by atoms with E-state index < -0.39 is 28.5 Å². The van der Waals surface area contributed by atoms with E-state index in [4.69, 9.17) is 16.0 Å². The van der Waals surface area contributed by atoms with E-state index in [0.29, 0.717) is 23.0 Å². The Morgan fingerprint density at radius 1 is 1.17 bits per heavy atom. The van der Waals surface area contributed by atoms with Crippen molar-refractivity contribution in [3.63, 3.8) is 0 Å². The lowest BCUT2D eigenvalue weighted by molar-refractivity contribution is -0.384. The number of benzene rings is 2. The molecule has 0 radical (unpaired) electrons. The summed E-state index contributed by atoms with van der Waals surface area (Å²) in [6.07, 6.45) is 1.38. The Balaban J connectivity index is 1.50. The maximum atomic E-state index is 12.8. The summed E-state index contributed by atoms with van der Waals surface area (Å²) in [6, 6.07) is 12.6. The van der Waals surface area contributed by atoms with Crippen LogP contribution < -0.4 is 5.32 Å². The fraction of sp³-hybridized carbons (Fsp3) is 0.125. The van der Waals surface area contributed by atoms with Gasteiger partial charge in [0.1, 0.15) is 18.1 Å². The summed E-state index contributed by atoms with van der Waals surface area (Å²) >= 11 is 6.85. The van der Waals surface area contributed by atoms with E-state index in [2.05, 4.69) is 5.32 Å². The molecule has 1 fully saturated rings. The molecule has 0 spiro atoms. The zero-order valence-corrected chi connectivity index (χ0v) is 20.1. The number of anilines is 1. The molecule has 1 saturated heterocycles. The van der Waals surface area contributed by atoms with Gasteiger partial charge >= 0.3 is 0 Å². The highest BCUT2D eigenvalue weighted by Crippen LogP contribution is 2.35. The Morgan fingerprint density at radius 3 is 2.57 bits per heavy atom. The summed E-state index contributed by atoms with van der Waals surface area (Å²) in [5.74, 6) is -0.611. The monoisotopic (exact) mass is 511 g/mol. The molecular weight excluding hydrogens is 494 g/mol. The number of hydrogen-bond donors (Lipinski definition) is 1. The Hall–Kier alpha value is -3.89. The third-order valence-corrected chi connectivity index (χ3v) is 6.48. The van der Waals surface area contributed by atoms with Gasteiger partial charge in [-0.15, -0.1) is 0 Å². The first kappa shape index (κ1) is 24.2. The number of rotatable bonds is 6. The molecule has 0 bridgehead atoms. The predicted octanol–water partition coefficient (Wildman–Crippen LogP) is 5.80. The van der Waals surface area contributed by atoms with E-state index in [1.807, 2.05) is 32.0 Å². The van der Waals surface area contributed by atoms with Gasteiger partial charge in [-0.2, -0.15) is 0 Å². The van der Waals surface area contributed by atoms with Crippen LogP contribution in [0.1, 0.15) is 16.9 Å². The number of thioether (sulfide) groups is 1. The van der Waals surface area contributed by atoms with E-state index in [1.165, 1.54) is 24.3 Å². The third-order valence-electron chi connectivity index (χ3n) is 5.25. The topological polar surface area (TPSA) is 123 Å². The van der Waals surface area contributed by atoms with Crippen LogP contribution in [0.4, 0.5) is 16.2 Å². The second-order valence-electron chi connectivity index (χ2n) is 7.71. The molecule has 3 aromatic rings. The molecule has 1 N–H and O–H groups in total. The predicted molar refractivity (Wildman–Crippen MR) is 133 cm³/mol. The molecule has 2 heterocycles. The normalized spacial score (nSPS) is 14.6. The van der Waals surface area contributed by atoms with Crippen LogP contribution in [0.3, 0.4) is 0 Å². The number of aryl methyl sites for hydroxylation is 2. The molecule has 0 unspecified atom stereocenters. The van der Waals surface area contributed by atoms with Crippen LogP contribution in [0.25, 0.3) is 17.4 Å². The Morgan fingerprint density at radius 2 is 1.89 bits per heavy atom. The van der Waals surface area contributed by atoms with Gasteiger partial charge in [0.05, 0.1) is 14.9 Å². The fourth-order valence-corrected chi connectivity index (χ4v) is 4.52. The number of carbonyl (C=O) groups is 3. The van der Waals surface area contributed by atoms with Crippen LogP contribution >= 0.6 is 23.4 Å². The van der Waals surface area contributed by atoms with Crippen LogP contribution in [0.5, 0.6) is 0 Å². The van der Waals surface area contributed by atoms with E-state index in [9.17, 15) is 24.5 Å². The minimum Gasteiger partial charge on any atom is -0.457 e. The van der Waals surface area contributed by atoms with Crippen molar-refractivity contribution in [2.24, 2.45) is 0 Å². The second kappa shape index (κ2) is 9.77. The number of carbonyl (C=O) groups excluding carboxylic acids is 3. The van der Waals surface area contributed by atoms with Crippen molar-refractivity contribution in [3.8, 4) is 11.3 Å². The van der Waals surface area contributed by atoms with Gasteiger partial charge in [-0.05, 0) is 54.9 Å². The zero-order valence-electron chi connectivity index (χ0n) is 18.5. The molecule has 2 aromatic carbocycles. The maximum Gasteiger partial charge on any atom is 0.294 e. The summed E-state index contributed by atoms with van der Waals surface area (Å²) in [4.78, 5) is 49.2. The van der Waals surface area contributed by atoms with Gasteiger partial charge in [0.2, 0.25) is 5.91 Å². The molecule has 0 saturated carbocycles. The number of imide groups is 1. The average Bonchev–Trinajstić information content (AvgIpc) is 3.37. The highest BCUT2D eigenvalue weighted by atomic mass is 35.5. The van der Waals surface area contributed by atoms with E-state index in [-0.39, 0.29) is 27.1 Å². The molecular formula is C24H18ClN3O6S. The van der Waals surface area contributed by atoms with Gasteiger partial charge in [0, 0.05) is 29.5 Å². The average molecular weight is 512 g/mol.